The number of nitro groups is 1. The van der Waals surface area contributed by atoms with E-state index in [4.69, 9.17) is 11.5 Å². The molecule has 82 valence electrons. The summed E-state index contributed by atoms with van der Waals surface area (Å²) in [6.45, 7) is 1.76. The van der Waals surface area contributed by atoms with Gasteiger partial charge in [0.1, 0.15) is 5.69 Å². The molecular formula is C8H11ClN4O2. The SMILES string of the molecule is Cc1ccc(N=C(N)N)c([N+](=O)[O-])c1.Cl. The van der Waals surface area contributed by atoms with Crippen LogP contribution in [-0.4, -0.2) is 10.9 Å². The van der Waals surface area contributed by atoms with Gasteiger partial charge in [-0.25, -0.2) is 4.99 Å². The molecule has 1 aromatic rings. The number of halogens is 1. The highest BCUT2D eigenvalue weighted by Crippen LogP contribution is 2.27. The van der Waals surface area contributed by atoms with Gasteiger partial charge in [-0.05, 0) is 18.6 Å². The van der Waals surface area contributed by atoms with E-state index in [0.717, 1.165) is 5.56 Å². The summed E-state index contributed by atoms with van der Waals surface area (Å²) in [4.78, 5) is 13.7. The topological polar surface area (TPSA) is 108 Å². The van der Waals surface area contributed by atoms with Gasteiger partial charge in [-0.3, -0.25) is 10.1 Å². The number of hydrogen-bond acceptors (Lipinski definition) is 3. The van der Waals surface area contributed by atoms with E-state index in [1.807, 2.05) is 0 Å². The number of nitrogens with zero attached hydrogens (tertiary/aromatic N) is 2. The van der Waals surface area contributed by atoms with Crippen LogP contribution in [0.25, 0.3) is 0 Å². The smallest absolute Gasteiger partial charge is 0.295 e. The van der Waals surface area contributed by atoms with Gasteiger partial charge in [0.25, 0.3) is 5.69 Å². The van der Waals surface area contributed by atoms with Crippen LogP contribution >= 0.6 is 12.4 Å². The van der Waals surface area contributed by atoms with Crippen molar-refractivity contribution in [3.05, 3.63) is 33.9 Å². The van der Waals surface area contributed by atoms with Crippen molar-refractivity contribution in [2.45, 2.75) is 6.92 Å². The lowest BCUT2D eigenvalue weighted by molar-refractivity contribution is -0.384. The van der Waals surface area contributed by atoms with E-state index in [0.29, 0.717) is 0 Å². The fourth-order valence-electron chi connectivity index (χ4n) is 1.01. The van der Waals surface area contributed by atoms with Crippen molar-refractivity contribution in [3.8, 4) is 0 Å². The van der Waals surface area contributed by atoms with Crippen molar-refractivity contribution in [1.82, 2.24) is 0 Å². The minimum Gasteiger partial charge on any atom is -0.370 e. The van der Waals surface area contributed by atoms with Crippen molar-refractivity contribution >= 4 is 29.7 Å². The number of nitro benzene ring substituents is 1. The highest BCUT2D eigenvalue weighted by atomic mass is 35.5. The standard InChI is InChI=1S/C8H10N4O2.ClH/c1-5-2-3-6(11-8(9)10)7(4-5)12(13)14;/h2-4H,1H3,(H4,9,10,11);1H. The Hall–Kier alpha value is -1.82. The first-order valence-corrected chi connectivity index (χ1v) is 3.85. The summed E-state index contributed by atoms with van der Waals surface area (Å²) >= 11 is 0. The molecule has 0 aliphatic carbocycles. The van der Waals surface area contributed by atoms with E-state index < -0.39 is 4.92 Å². The molecule has 0 bridgehead atoms. The monoisotopic (exact) mass is 230 g/mol. The Bertz CT molecular complexity index is 402. The molecule has 0 saturated heterocycles. The molecule has 0 saturated carbocycles. The second-order valence-electron chi connectivity index (χ2n) is 2.79. The molecule has 0 radical (unpaired) electrons. The average molecular weight is 231 g/mol. The molecule has 1 aromatic carbocycles. The van der Waals surface area contributed by atoms with E-state index in [2.05, 4.69) is 4.99 Å². The Balaban J connectivity index is 0.00000196. The summed E-state index contributed by atoms with van der Waals surface area (Å²) in [6.07, 6.45) is 0. The minimum atomic E-state index is -0.519. The second-order valence-corrected chi connectivity index (χ2v) is 2.79. The molecule has 0 unspecified atom stereocenters. The Morgan fingerprint density at radius 3 is 2.53 bits per heavy atom. The molecule has 0 heterocycles. The summed E-state index contributed by atoms with van der Waals surface area (Å²) in [5.41, 5.74) is 11.1. The van der Waals surface area contributed by atoms with Crippen LogP contribution < -0.4 is 11.5 Å². The van der Waals surface area contributed by atoms with Gasteiger partial charge in [-0.1, -0.05) is 6.07 Å². The van der Waals surface area contributed by atoms with Gasteiger partial charge in [-0.15, -0.1) is 12.4 Å². The molecule has 4 N–H and O–H groups in total. The predicted octanol–water partition coefficient (Wildman–Crippen LogP) is 1.23. The lowest BCUT2D eigenvalue weighted by atomic mass is 10.2. The van der Waals surface area contributed by atoms with Gasteiger partial charge >= 0.3 is 0 Å². The third kappa shape index (κ3) is 3.43. The Labute approximate surface area is 92.5 Å². The van der Waals surface area contributed by atoms with Crippen molar-refractivity contribution < 1.29 is 4.92 Å². The van der Waals surface area contributed by atoms with Crippen LogP contribution in [0.15, 0.2) is 23.2 Å². The molecule has 7 heteroatoms. The number of benzene rings is 1. The van der Waals surface area contributed by atoms with Gasteiger partial charge in [0, 0.05) is 6.07 Å². The fraction of sp³-hybridized carbons (Fsp3) is 0.125. The highest BCUT2D eigenvalue weighted by molar-refractivity contribution is 5.85. The maximum atomic E-state index is 10.6. The van der Waals surface area contributed by atoms with E-state index in [-0.39, 0.29) is 29.7 Å². The zero-order valence-electron chi connectivity index (χ0n) is 8.01. The summed E-state index contributed by atoms with van der Waals surface area (Å²) in [7, 11) is 0. The number of nitrogens with two attached hydrogens (primary N) is 2. The number of guanidine groups is 1. The lowest BCUT2D eigenvalue weighted by Gasteiger charge is -1.98. The van der Waals surface area contributed by atoms with Crippen LogP contribution in [0.2, 0.25) is 0 Å². The molecule has 0 aliphatic heterocycles. The molecule has 15 heavy (non-hydrogen) atoms. The number of aliphatic imine (C=N–C) groups is 1. The average Bonchev–Trinajstić information content (AvgIpc) is 2.07. The lowest BCUT2D eigenvalue weighted by Crippen LogP contribution is -2.22. The van der Waals surface area contributed by atoms with E-state index >= 15 is 0 Å². The first kappa shape index (κ1) is 13.2. The van der Waals surface area contributed by atoms with Crippen molar-refractivity contribution in [1.29, 1.82) is 0 Å². The van der Waals surface area contributed by atoms with E-state index in [9.17, 15) is 10.1 Å². The maximum Gasteiger partial charge on any atom is 0.295 e. The quantitative estimate of drug-likeness (QED) is 0.345. The summed E-state index contributed by atoms with van der Waals surface area (Å²) in [5, 5.41) is 10.6. The molecule has 0 amide bonds. The predicted molar refractivity (Wildman–Crippen MR) is 60.6 cm³/mol. The minimum absolute atomic E-state index is 0. The normalized spacial score (nSPS) is 8.87. The molecule has 0 aliphatic rings. The third-order valence-corrected chi connectivity index (χ3v) is 1.58. The van der Waals surface area contributed by atoms with Crippen LogP contribution in [0.4, 0.5) is 11.4 Å². The summed E-state index contributed by atoms with van der Waals surface area (Å²) in [5.74, 6) is -0.197. The molecule has 1 rings (SSSR count). The van der Waals surface area contributed by atoms with Crippen LogP contribution in [0.1, 0.15) is 5.56 Å². The molecule has 0 atom stereocenters. The van der Waals surface area contributed by atoms with Crippen LogP contribution in [0, 0.1) is 17.0 Å². The van der Waals surface area contributed by atoms with Gasteiger partial charge in [0.15, 0.2) is 5.96 Å². The van der Waals surface area contributed by atoms with Gasteiger partial charge < -0.3 is 11.5 Å². The van der Waals surface area contributed by atoms with Crippen LogP contribution in [0.5, 0.6) is 0 Å². The first-order chi connectivity index (χ1) is 6.50. The zero-order chi connectivity index (χ0) is 10.7. The largest absolute Gasteiger partial charge is 0.370 e. The molecule has 0 fully saturated rings. The van der Waals surface area contributed by atoms with Crippen molar-refractivity contribution in [2.24, 2.45) is 16.5 Å². The fourth-order valence-corrected chi connectivity index (χ4v) is 1.01. The zero-order valence-corrected chi connectivity index (χ0v) is 8.82. The molecule has 6 nitrogen and oxygen atoms in total. The highest BCUT2D eigenvalue weighted by Gasteiger charge is 2.12. The molecule has 0 aromatic heterocycles. The Morgan fingerprint density at radius 1 is 1.47 bits per heavy atom. The second kappa shape index (κ2) is 5.16. The van der Waals surface area contributed by atoms with Gasteiger partial charge in [0.2, 0.25) is 0 Å². The summed E-state index contributed by atoms with van der Waals surface area (Å²) < 4.78 is 0. The molecule has 0 spiro atoms. The van der Waals surface area contributed by atoms with Crippen molar-refractivity contribution in [3.63, 3.8) is 0 Å². The van der Waals surface area contributed by atoms with Gasteiger partial charge in [0.05, 0.1) is 4.92 Å². The van der Waals surface area contributed by atoms with Gasteiger partial charge in [-0.2, -0.15) is 0 Å². The third-order valence-electron chi connectivity index (χ3n) is 1.58. The van der Waals surface area contributed by atoms with Crippen molar-refractivity contribution in [2.75, 3.05) is 0 Å². The van der Waals surface area contributed by atoms with E-state index in [1.54, 1.807) is 13.0 Å². The Kier molecular flexibility index (Phi) is 4.53. The summed E-state index contributed by atoms with van der Waals surface area (Å²) in [6, 6.07) is 4.63. The molecular weight excluding hydrogens is 220 g/mol. The number of aryl methyl sites for hydroxylation is 1. The van der Waals surface area contributed by atoms with Crippen LogP contribution in [0.3, 0.4) is 0 Å². The van der Waals surface area contributed by atoms with Crippen LogP contribution in [-0.2, 0) is 0 Å². The number of hydrogen-bond donors (Lipinski definition) is 2. The first-order valence-electron chi connectivity index (χ1n) is 3.85. The number of rotatable bonds is 2. The van der Waals surface area contributed by atoms with E-state index in [1.165, 1.54) is 12.1 Å². The maximum absolute atomic E-state index is 10.6. The Morgan fingerprint density at radius 2 is 2.07 bits per heavy atom.